The van der Waals surface area contributed by atoms with Crippen LogP contribution in [0, 0.1) is 11.6 Å². The molecule has 10 heteroatoms. The van der Waals surface area contributed by atoms with Crippen molar-refractivity contribution in [3.05, 3.63) is 52.6 Å². The number of benzene rings is 2. The minimum absolute atomic E-state index is 0.219. The van der Waals surface area contributed by atoms with Crippen molar-refractivity contribution in [1.82, 2.24) is 4.98 Å². The van der Waals surface area contributed by atoms with E-state index in [0.717, 1.165) is 26.8 Å². The number of alkyl halides is 2. The second kappa shape index (κ2) is 6.93. The van der Waals surface area contributed by atoms with Gasteiger partial charge in [0.2, 0.25) is 5.89 Å². The van der Waals surface area contributed by atoms with Gasteiger partial charge in [-0.15, -0.1) is 0 Å². The van der Waals surface area contributed by atoms with Gasteiger partial charge in [0.25, 0.3) is 0 Å². The zero-order chi connectivity index (χ0) is 22.8. The Morgan fingerprint density at radius 1 is 1.06 bits per heavy atom. The Labute approximate surface area is 179 Å². The molecular formula is C21H18ClF4N3O2. The quantitative estimate of drug-likeness (QED) is 0.522. The Morgan fingerprint density at radius 2 is 1.77 bits per heavy atom. The highest BCUT2D eigenvalue weighted by molar-refractivity contribution is 6.31. The van der Waals surface area contributed by atoms with Crippen molar-refractivity contribution in [2.45, 2.75) is 37.8 Å². The van der Waals surface area contributed by atoms with E-state index in [-0.39, 0.29) is 23.9 Å². The smallest absolute Gasteiger partial charge is 0.304 e. The second-order valence-corrected chi connectivity index (χ2v) is 8.43. The van der Waals surface area contributed by atoms with Crippen LogP contribution in [0.2, 0.25) is 5.02 Å². The number of hydrogen-bond acceptors (Lipinski definition) is 5. The van der Waals surface area contributed by atoms with Gasteiger partial charge < -0.3 is 14.9 Å². The molecule has 164 valence electrons. The molecule has 4 rings (SSSR count). The van der Waals surface area contributed by atoms with Crippen molar-refractivity contribution in [3.63, 3.8) is 0 Å². The number of ether oxygens (including phenoxy) is 1. The van der Waals surface area contributed by atoms with E-state index in [1.807, 2.05) is 0 Å². The Bertz CT molecular complexity index is 1220. The van der Waals surface area contributed by atoms with Crippen LogP contribution < -0.4 is 5.73 Å². The number of aliphatic imine (C=N–C) groups is 1. The highest BCUT2D eigenvalue weighted by atomic mass is 35.5. The molecule has 1 aliphatic heterocycles. The Kier molecular flexibility index (Phi) is 4.82. The first-order valence-electron chi connectivity index (χ1n) is 9.28. The van der Waals surface area contributed by atoms with Gasteiger partial charge in [0.05, 0.1) is 5.56 Å². The van der Waals surface area contributed by atoms with Crippen molar-refractivity contribution < 1.29 is 26.7 Å². The lowest BCUT2D eigenvalue weighted by Crippen LogP contribution is -2.56. The minimum Gasteiger partial charge on any atom is -0.436 e. The molecule has 0 saturated carbocycles. The van der Waals surface area contributed by atoms with Gasteiger partial charge in [0, 0.05) is 16.7 Å². The van der Waals surface area contributed by atoms with Gasteiger partial charge in [-0.25, -0.2) is 22.5 Å². The molecule has 5 nitrogen and oxygen atoms in total. The third-order valence-corrected chi connectivity index (χ3v) is 5.71. The summed E-state index contributed by atoms with van der Waals surface area (Å²) in [7, 11) is 0. The van der Waals surface area contributed by atoms with Crippen molar-refractivity contribution in [2.75, 3.05) is 6.61 Å². The average molecular weight is 456 g/mol. The number of nitrogens with zero attached hydrogens (tertiary/aromatic N) is 2. The lowest BCUT2D eigenvalue weighted by molar-refractivity contribution is -0.214. The number of hydrogen-bond donors (Lipinski definition) is 1. The maximum atomic E-state index is 15.6. The van der Waals surface area contributed by atoms with Crippen LogP contribution in [0.3, 0.4) is 0 Å². The fourth-order valence-electron chi connectivity index (χ4n) is 3.65. The lowest BCUT2D eigenvalue weighted by atomic mass is 9.77. The number of halogens is 5. The minimum atomic E-state index is -3.72. The molecule has 2 aromatic carbocycles. The van der Waals surface area contributed by atoms with Gasteiger partial charge in [-0.2, -0.15) is 0 Å². The zero-order valence-corrected chi connectivity index (χ0v) is 17.5. The largest absolute Gasteiger partial charge is 0.436 e. The van der Waals surface area contributed by atoms with Crippen LogP contribution in [0.4, 0.5) is 17.6 Å². The Morgan fingerprint density at radius 3 is 2.48 bits per heavy atom. The van der Waals surface area contributed by atoms with Crippen LogP contribution in [-0.2, 0) is 10.3 Å². The van der Waals surface area contributed by atoms with Crippen molar-refractivity contribution in [3.8, 4) is 11.5 Å². The van der Waals surface area contributed by atoms with E-state index in [1.165, 1.54) is 12.1 Å². The topological polar surface area (TPSA) is 73.6 Å². The molecule has 1 unspecified atom stereocenters. The normalized spacial score (nSPS) is 22.9. The van der Waals surface area contributed by atoms with Gasteiger partial charge in [0.15, 0.2) is 11.1 Å². The van der Waals surface area contributed by atoms with Crippen LogP contribution in [0.5, 0.6) is 0 Å². The van der Waals surface area contributed by atoms with Crippen molar-refractivity contribution in [1.29, 1.82) is 0 Å². The summed E-state index contributed by atoms with van der Waals surface area (Å²) in [6.45, 7) is 2.99. The van der Waals surface area contributed by atoms with E-state index in [1.54, 1.807) is 6.07 Å². The first-order valence-corrected chi connectivity index (χ1v) is 9.65. The van der Waals surface area contributed by atoms with Gasteiger partial charge in [-0.05, 0) is 45.0 Å². The first-order chi connectivity index (χ1) is 14.4. The summed E-state index contributed by atoms with van der Waals surface area (Å²) in [5, 5.41) is 0.380. The van der Waals surface area contributed by atoms with Gasteiger partial charge >= 0.3 is 5.92 Å². The van der Waals surface area contributed by atoms with E-state index < -0.39 is 34.3 Å². The zero-order valence-electron chi connectivity index (χ0n) is 16.8. The van der Waals surface area contributed by atoms with Gasteiger partial charge in [-0.1, -0.05) is 11.6 Å². The summed E-state index contributed by atoms with van der Waals surface area (Å²) < 4.78 is 71.5. The Hall–Kier alpha value is -2.65. The molecule has 0 spiro atoms. The fourth-order valence-corrected chi connectivity index (χ4v) is 3.82. The number of rotatable bonds is 2. The Balaban J connectivity index is 1.95. The highest BCUT2D eigenvalue weighted by Gasteiger charge is 2.64. The van der Waals surface area contributed by atoms with E-state index in [9.17, 15) is 8.78 Å². The maximum Gasteiger partial charge on any atom is 0.304 e. The van der Waals surface area contributed by atoms with E-state index in [2.05, 4.69) is 9.98 Å². The SMILES string of the molecule is CC1(C)OCC(N)=NC(C)(c2cc(-c3nc4cc(Cl)ccc4o3)c(F)cc2F)C1(F)F. The van der Waals surface area contributed by atoms with Gasteiger partial charge in [-0.3, -0.25) is 4.99 Å². The van der Waals surface area contributed by atoms with Gasteiger partial charge in [0.1, 0.15) is 35.2 Å². The van der Waals surface area contributed by atoms with Crippen LogP contribution in [0.25, 0.3) is 22.6 Å². The van der Waals surface area contributed by atoms with E-state index >= 15 is 8.78 Å². The van der Waals surface area contributed by atoms with Crippen molar-refractivity contribution >= 4 is 28.5 Å². The predicted octanol–water partition coefficient (Wildman–Crippen LogP) is 5.44. The fraction of sp³-hybridized carbons (Fsp3) is 0.333. The van der Waals surface area contributed by atoms with Crippen LogP contribution in [0.1, 0.15) is 26.3 Å². The summed E-state index contributed by atoms with van der Waals surface area (Å²) in [5.41, 5.74) is 0.955. The molecule has 1 atom stereocenters. The monoisotopic (exact) mass is 455 g/mol. The molecule has 31 heavy (non-hydrogen) atoms. The predicted molar refractivity (Wildman–Crippen MR) is 108 cm³/mol. The number of fused-ring (bicyclic) bond motifs is 1. The number of amidine groups is 1. The number of nitrogens with two attached hydrogens (primary N) is 1. The van der Waals surface area contributed by atoms with Crippen LogP contribution in [-0.4, -0.2) is 29.0 Å². The molecule has 2 N–H and O–H groups in total. The highest BCUT2D eigenvalue weighted by Crippen LogP contribution is 2.51. The molecule has 0 radical (unpaired) electrons. The first kappa shape index (κ1) is 21.6. The molecule has 0 amide bonds. The van der Waals surface area contributed by atoms with E-state index in [4.69, 9.17) is 26.5 Å². The molecule has 2 heterocycles. The molecule has 0 bridgehead atoms. The molecule has 0 aliphatic carbocycles. The standard InChI is InChI=1S/C21H18ClF4N3O2/c1-19(2)21(25,26)20(3,29-17(27)9-30-19)12-7-11(13(23)8-14(12)24)18-28-15-6-10(22)4-5-16(15)31-18/h4-8H,9H2,1-3H3,(H2,27,29). The molecule has 1 aliphatic rings. The van der Waals surface area contributed by atoms with E-state index in [0.29, 0.717) is 22.2 Å². The summed E-state index contributed by atoms with van der Waals surface area (Å²) in [5.74, 6) is -6.42. The third-order valence-electron chi connectivity index (χ3n) is 5.48. The summed E-state index contributed by atoms with van der Waals surface area (Å²) >= 11 is 5.93. The summed E-state index contributed by atoms with van der Waals surface area (Å²) in [6.07, 6.45) is 0. The summed E-state index contributed by atoms with van der Waals surface area (Å²) in [6, 6.07) is 6.00. The molecule has 0 fully saturated rings. The molecule has 1 aromatic heterocycles. The molecule has 3 aromatic rings. The molecule has 0 saturated heterocycles. The summed E-state index contributed by atoms with van der Waals surface area (Å²) in [4.78, 5) is 8.05. The second-order valence-electron chi connectivity index (χ2n) is 7.99. The maximum absolute atomic E-state index is 15.6. The van der Waals surface area contributed by atoms with Crippen LogP contribution >= 0.6 is 11.6 Å². The number of aromatic nitrogens is 1. The lowest BCUT2D eigenvalue weighted by Gasteiger charge is -2.42. The average Bonchev–Trinajstić information content (AvgIpc) is 3.06. The molecular weight excluding hydrogens is 438 g/mol. The van der Waals surface area contributed by atoms with Crippen molar-refractivity contribution in [2.24, 2.45) is 10.7 Å². The van der Waals surface area contributed by atoms with Crippen LogP contribution in [0.15, 0.2) is 39.7 Å². The third kappa shape index (κ3) is 3.27. The number of oxazole rings is 1.